The van der Waals surface area contributed by atoms with E-state index in [1.54, 1.807) is 18.2 Å². The number of hydrogen-bond donors (Lipinski definition) is 2. The molecule has 0 aromatic heterocycles. The Labute approximate surface area is 162 Å². The van der Waals surface area contributed by atoms with Gasteiger partial charge in [-0.15, -0.1) is 0 Å². The molecule has 1 heterocycles. The standard InChI is InChI=1S/C21H21NO4S/c1-2-14-8-10-15(11-9-14)13-18-20(25)22(21(26)27-18)12-4-6-16-5-3-7-17(23)19(16)24/h3,5,7-11,13,23-24H,2,4,6,12H2,1H3/b18-13-. The van der Waals surface area contributed by atoms with Gasteiger partial charge in [0.2, 0.25) is 0 Å². The molecule has 27 heavy (non-hydrogen) atoms. The fourth-order valence-electron chi connectivity index (χ4n) is 2.90. The van der Waals surface area contributed by atoms with E-state index in [4.69, 9.17) is 0 Å². The molecule has 0 bridgehead atoms. The van der Waals surface area contributed by atoms with Crippen molar-refractivity contribution in [2.24, 2.45) is 0 Å². The monoisotopic (exact) mass is 383 g/mol. The third kappa shape index (κ3) is 4.34. The van der Waals surface area contributed by atoms with Crippen molar-refractivity contribution >= 4 is 29.0 Å². The Morgan fingerprint density at radius 2 is 1.81 bits per heavy atom. The van der Waals surface area contributed by atoms with Crippen LogP contribution in [0.5, 0.6) is 11.5 Å². The number of amides is 2. The number of benzene rings is 2. The van der Waals surface area contributed by atoms with E-state index in [0.29, 0.717) is 23.3 Å². The summed E-state index contributed by atoms with van der Waals surface area (Å²) in [5, 5.41) is 19.1. The number of nitrogens with zero attached hydrogens (tertiary/aromatic N) is 1. The summed E-state index contributed by atoms with van der Waals surface area (Å²) in [4.78, 5) is 26.4. The molecular weight excluding hydrogens is 362 g/mol. The summed E-state index contributed by atoms with van der Waals surface area (Å²) < 4.78 is 0. The van der Waals surface area contributed by atoms with Gasteiger partial charge < -0.3 is 10.2 Å². The first-order chi connectivity index (χ1) is 13.0. The van der Waals surface area contributed by atoms with E-state index in [1.165, 1.54) is 16.5 Å². The Balaban J connectivity index is 1.63. The van der Waals surface area contributed by atoms with Crippen LogP contribution in [-0.4, -0.2) is 32.8 Å². The van der Waals surface area contributed by atoms with Gasteiger partial charge in [0.15, 0.2) is 11.5 Å². The van der Waals surface area contributed by atoms with Crippen LogP contribution in [0.4, 0.5) is 4.79 Å². The topological polar surface area (TPSA) is 77.8 Å². The van der Waals surface area contributed by atoms with Crippen molar-refractivity contribution in [2.75, 3.05) is 6.54 Å². The van der Waals surface area contributed by atoms with Gasteiger partial charge in [-0.1, -0.05) is 43.3 Å². The Hall–Kier alpha value is -2.73. The minimum atomic E-state index is -0.287. The van der Waals surface area contributed by atoms with Gasteiger partial charge in [-0.25, -0.2) is 0 Å². The number of hydrogen-bond acceptors (Lipinski definition) is 5. The molecule has 0 aliphatic carbocycles. The molecule has 6 heteroatoms. The summed E-state index contributed by atoms with van der Waals surface area (Å²) in [5.41, 5.74) is 2.70. The molecule has 1 saturated heterocycles. The van der Waals surface area contributed by atoms with Gasteiger partial charge in [0.05, 0.1) is 4.91 Å². The number of para-hydroxylation sites is 1. The van der Waals surface area contributed by atoms with E-state index in [9.17, 15) is 19.8 Å². The molecule has 0 unspecified atom stereocenters. The number of thioether (sulfide) groups is 1. The van der Waals surface area contributed by atoms with Crippen LogP contribution in [0.3, 0.4) is 0 Å². The van der Waals surface area contributed by atoms with E-state index in [-0.39, 0.29) is 29.2 Å². The number of imide groups is 1. The van der Waals surface area contributed by atoms with Crippen LogP contribution in [0, 0.1) is 0 Å². The van der Waals surface area contributed by atoms with E-state index in [0.717, 1.165) is 23.7 Å². The predicted octanol–water partition coefficient (Wildman–Crippen LogP) is 4.33. The lowest BCUT2D eigenvalue weighted by Crippen LogP contribution is -2.29. The van der Waals surface area contributed by atoms with Crippen LogP contribution in [-0.2, 0) is 17.6 Å². The van der Waals surface area contributed by atoms with E-state index in [2.05, 4.69) is 6.92 Å². The molecule has 1 fully saturated rings. The maximum atomic E-state index is 12.5. The molecule has 140 valence electrons. The van der Waals surface area contributed by atoms with Gasteiger partial charge in [-0.3, -0.25) is 14.5 Å². The maximum absolute atomic E-state index is 12.5. The molecule has 1 aliphatic rings. The van der Waals surface area contributed by atoms with Crippen molar-refractivity contribution in [2.45, 2.75) is 26.2 Å². The molecular formula is C21H21NO4S. The summed E-state index contributed by atoms with van der Waals surface area (Å²) in [7, 11) is 0. The second kappa shape index (κ2) is 8.31. The third-order valence-electron chi connectivity index (χ3n) is 4.49. The van der Waals surface area contributed by atoms with E-state index >= 15 is 0 Å². The summed E-state index contributed by atoms with van der Waals surface area (Å²) in [6, 6.07) is 12.7. The van der Waals surface area contributed by atoms with Crippen LogP contribution in [0.2, 0.25) is 0 Å². The molecule has 2 amide bonds. The highest BCUT2D eigenvalue weighted by molar-refractivity contribution is 8.18. The SMILES string of the molecule is CCc1ccc(/C=C2\SC(=O)N(CCCc3cccc(O)c3O)C2=O)cc1. The number of phenolic OH excluding ortho intramolecular Hbond substituents is 2. The van der Waals surface area contributed by atoms with Crippen molar-refractivity contribution in [3.05, 3.63) is 64.1 Å². The molecule has 1 aliphatic heterocycles. The lowest BCUT2D eigenvalue weighted by atomic mass is 10.1. The van der Waals surface area contributed by atoms with Gasteiger partial charge in [-0.05, 0) is 59.9 Å². The minimum Gasteiger partial charge on any atom is -0.504 e. The van der Waals surface area contributed by atoms with Crippen LogP contribution < -0.4 is 0 Å². The zero-order chi connectivity index (χ0) is 19.4. The predicted molar refractivity (Wildman–Crippen MR) is 107 cm³/mol. The van der Waals surface area contributed by atoms with Gasteiger partial charge in [0, 0.05) is 6.54 Å². The first-order valence-electron chi connectivity index (χ1n) is 8.83. The first kappa shape index (κ1) is 19.0. The fourth-order valence-corrected chi connectivity index (χ4v) is 3.77. The molecule has 3 rings (SSSR count). The van der Waals surface area contributed by atoms with Crippen LogP contribution in [0.1, 0.15) is 30.0 Å². The molecule has 0 spiro atoms. The highest BCUT2D eigenvalue weighted by Gasteiger charge is 2.34. The highest BCUT2D eigenvalue weighted by Crippen LogP contribution is 2.33. The normalized spacial score (nSPS) is 15.7. The van der Waals surface area contributed by atoms with Crippen LogP contribution in [0.15, 0.2) is 47.4 Å². The highest BCUT2D eigenvalue weighted by atomic mass is 32.2. The molecule has 2 aromatic carbocycles. The lowest BCUT2D eigenvalue weighted by molar-refractivity contribution is -0.122. The Bertz CT molecular complexity index is 890. The molecule has 0 radical (unpaired) electrons. The minimum absolute atomic E-state index is 0.151. The molecule has 5 nitrogen and oxygen atoms in total. The lowest BCUT2D eigenvalue weighted by Gasteiger charge is -2.12. The van der Waals surface area contributed by atoms with Crippen molar-refractivity contribution in [3.8, 4) is 11.5 Å². The Kier molecular flexibility index (Phi) is 5.86. The van der Waals surface area contributed by atoms with Crippen LogP contribution in [0.25, 0.3) is 6.08 Å². The summed E-state index contributed by atoms with van der Waals surface area (Å²) in [6.45, 7) is 2.35. The number of aryl methyl sites for hydroxylation is 2. The van der Waals surface area contributed by atoms with Gasteiger partial charge in [0.1, 0.15) is 0 Å². The zero-order valence-electron chi connectivity index (χ0n) is 15.0. The molecule has 0 saturated carbocycles. The van der Waals surface area contributed by atoms with Crippen molar-refractivity contribution in [1.82, 2.24) is 4.90 Å². The van der Waals surface area contributed by atoms with Crippen LogP contribution >= 0.6 is 11.8 Å². The third-order valence-corrected chi connectivity index (χ3v) is 5.39. The number of phenols is 2. The van der Waals surface area contributed by atoms with E-state index < -0.39 is 0 Å². The van der Waals surface area contributed by atoms with Gasteiger partial charge in [0.25, 0.3) is 11.1 Å². The molecule has 2 aromatic rings. The average molecular weight is 383 g/mol. The molecule has 0 atom stereocenters. The van der Waals surface area contributed by atoms with Gasteiger partial charge in [-0.2, -0.15) is 0 Å². The van der Waals surface area contributed by atoms with Crippen molar-refractivity contribution in [1.29, 1.82) is 0 Å². The number of carbonyl (C=O) groups is 2. The van der Waals surface area contributed by atoms with E-state index in [1.807, 2.05) is 24.3 Å². The average Bonchev–Trinajstić information content (AvgIpc) is 2.93. The maximum Gasteiger partial charge on any atom is 0.293 e. The molecule has 2 N–H and O–H groups in total. The van der Waals surface area contributed by atoms with Crippen molar-refractivity contribution < 1.29 is 19.8 Å². The second-order valence-corrected chi connectivity index (χ2v) is 7.31. The fraction of sp³-hybridized carbons (Fsp3) is 0.238. The second-order valence-electron chi connectivity index (χ2n) is 6.32. The summed E-state index contributed by atoms with van der Waals surface area (Å²) in [6.07, 6.45) is 3.66. The summed E-state index contributed by atoms with van der Waals surface area (Å²) >= 11 is 0.948. The van der Waals surface area contributed by atoms with Crippen molar-refractivity contribution in [3.63, 3.8) is 0 Å². The number of carbonyl (C=O) groups excluding carboxylic acids is 2. The quantitative estimate of drug-likeness (QED) is 0.573. The zero-order valence-corrected chi connectivity index (χ0v) is 15.8. The largest absolute Gasteiger partial charge is 0.504 e. The first-order valence-corrected chi connectivity index (χ1v) is 9.65. The number of aromatic hydroxyl groups is 2. The number of rotatable bonds is 6. The smallest absolute Gasteiger partial charge is 0.293 e. The Morgan fingerprint density at radius 3 is 2.52 bits per heavy atom. The Morgan fingerprint density at radius 1 is 1.07 bits per heavy atom. The van der Waals surface area contributed by atoms with Gasteiger partial charge >= 0.3 is 0 Å². The summed E-state index contributed by atoms with van der Waals surface area (Å²) in [5.74, 6) is -0.609.